The van der Waals surface area contributed by atoms with Crippen LogP contribution in [0.4, 0.5) is 0 Å². The SMILES string of the molecule is CC1NCCC1NS(=O)(=O)C1CC1. The van der Waals surface area contributed by atoms with Gasteiger partial charge in [0, 0.05) is 12.1 Å². The van der Waals surface area contributed by atoms with Crippen LogP contribution in [0, 0.1) is 0 Å². The molecule has 2 N–H and O–H groups in total. The fourth-order valence-electron chi connectivity index (χ4n) is 1.71. The molecule has 1 saturated carbocycles. The third-order valence-electron chi connectivity index (χ3n) is 2.80. The van der Waals surface area contributed by atoms with E-state index in [-0.39, 0.29) is 17.3 Å². The van der Waals surface area contributed by atoms with Gasteiger partial charge in [-0.25, -0.2) is 13.1 Å². The summed E-state index contributed by atoms with van der Waals surface area (Å²) in [4.78, 5) is 0. The van der Waals surface area contributed by atoms with E-state index < -0.39 is 10.0 Å². The van der Waals surface area contributed by atoms with Gasteiger partial charge in [0.2, 0.25) is 10.0 Å². The summed E-state index contributed by atoms with van der Waals surface area (Å²) in [5.41, 5.74) is 0. The van der Waals surface area contributed by atoms with E-state index in [0.717, 1.165) is 25.8 Å². The molecule has 1 aliphatic carbocycles. The number of hydrogen-bond acceptors (Lipinski definition) is 3. The minimum absolute atomic E-state index is 0.0969. The van der Waals surface area contributed by atoms with Gasteiger partial charge in [-0.2, -0.15) is 0 Å². The van der Waals surface area contributed by atoms with Gasteiger partial charge in [0.1, 0.15) is 0 Å². The maximum absolute atomic E-state index is 11.6. The summed E-state index contributed by atoms with van der Waals surface area (Å²) in [6.07, 6.45) is 2.58. The molecule has 0 spiro atoms. The number of nitrogens with one attached hydrogen (secondary N) is 2. The molecule has 0 bridgehead atoms. The first-order valence-corrected chi connectivity index (χ1v) is 6.39. The molecule has 0 aromatic rings. The molecule has 76 valence electrons. The summed E-state index contributed by atoms with van der Waals surface area (Å²) in [6, 6.07) is 0.374. The van der Waals surface area contributed by atoms with Crippen molar-refractivity contribution in [1.82, 2.24) is 10.0 Å². The van der Waals surface area contributed by atoms with Gasteiger partial charge in [-0.15, -0.1) is 0 Å². The molecular weight excluding hydrogens is 188 g/mol. The Hall–Kier alpha value is -0.130. The van der Waals surface area contributed by atoms with Crippen molar-refractivity contribution in [3.05, 3.63) is 0 Å². The first kappa shape index (κ1) is 9.43. The second kappa shape index (κ2) is 3.22. The Kier molecular flexibility index (Phi) is 2.33. The molecule has 0 aromatic carbocycles. The highest BCUT2D eigenvalue weighted by molar-refractivity contribution is 7.90. The van der Waals surface area contributed by atoms with E-state index in [9.17, 15) is 8.42 Å². The van der Waals surface area contributed by atoms with E-state index in [0.29, 0.717) is 0 Å². The van der Waals surface area contributed by atoms with Crippen LogP contribution < -0.4 is 10.0 Å². The molecule has 2 aliphatic rings. The van der Waals surface area contributed by atoms with Gasteiger partial charge in [-0.3, -0.25) is 0 Å². The van der Waals surface area contributed by atoms with Crippen LogP contribution in [0.25, 0.3) is 0 Å². The van der Waals surface area contributed by atoms with Crippen molar-refractivity contribution in [3.8, 4) is 0 Å². The van der Waals surface area contributed by atoms with Crippen LogP contribution in [0.3, 0.4) is 0 Å². The zero-order chi connectivity index (χ0) is 9.47. The maximum Gasteiger partial charge on any atom is 0.214 e. The fourth-order valence-corrected chi connectivity index (χ4v) is 3.40. The first-order valence-electron chi connectivity index (χ1n) is 4.84. The second-order valence-corrected chi connectivity index (χ2v) is 5.99. The maximum atomic E-state index is 11.6. The van der Waals surface area contributed by atoms with Crippen LogP contribution in [0.15, 0.2) is 0 Å². The predicted molar refractivity (Wildman–Crippen MR) is 50.9 cm³/mol. The smallest absolute Gasteiger partial charge is 0.214 e. The molecule has 0 radical (unpaired) electrons. The van der Waals surface area contributed by atoms with Gasteiger partial charge in [-0.05, 0) is 32.7 Å². The molecule has 1 saturated heterocycles. The predicted octanol–water partition coefficient (Wildman–Crippen LogP) is -0.181. The average molecular weight is 204 g/mol. The normalized spacial score (nSPS) is 35.2. The average Bonchev–Trinajstić information content (AvgIpc) is 2.80. The van der Waals surface area contributed by atoms with Crippen molar-refractivity contribution in [1.29, 1.82) is 0 Å². The lowest BCUT2D eigenvalue weighted by Gasteiger charge is -2.16. The summed E-state index contributed by atoms with van der Waals surface area (Å²) < 4.78 is 25.9. The Balaban J connectivity index is 1.96. The van der Waals surface area contributed by atoms with Gasteiger partial charge in [0.15, 0.2) is 0 Å². The Morgan fingerprint density at radius 1 is 1.31 bits per heavy atom. The van der Waals surface area contributed by atoms with Crippen molar-refractivity contribution < 1.29 is 8.42 Å². The van der Waals surface area contributed by atoms with Gasteiger partial charge in [0.05, 0.1) is 5.25 Å². The molecule has 2 unspecified atom stereocenters. The van der Waals surface area contributed by atoms with Gasteiger partial charge in [-0.1, -0.05) is 0 Å². The summed E-state index contributed by atoms with van der Waals surface area (Å²) in [5, 5.41) is 3.13. The molecule has 13 heavy (non-hydrogen) atoms. The number of hydrogen-bond donors (Lipinski definition) is 2. The Bertz CT molecular complexity index is 285. The fraction of sp³-hybridized carbons (Fsp3) is 1.00. The molecule has 4 nitrogen and oxygen atoms in total. The standard InChI is InChI=1S/C8H16N2O2S/c1-6-8(4-5-9-6)10-13(11,12)7-2-3-7/h6-10H,2-5H2,1H3. The van der Waals surface area contributed by atoms with E-state index in [2.05, 4.69) is 10.0 Å². The highest BCUT2D eigenvalue weighted by atomic mass is 32.2. The Morgan fingerprint density at radius 3 is 2.46 bits per heavy atom. The summed E-state index contributed by atoms with van der Waals surface area (Å²) in [6.45, 7) is 2.94. The van der Waals surface area contributed by atoms with Crippen LogP contribution in [0.5, 0.6) is 0 Å². The Morgan fingerprint density at radius 2 is 2.00 bits per heavy atom. The van der Waals surface area contributed by atoms with Crippen LogP contribution in [-0.4, -0.2) is 32.3 Å². The second-order valence-electron chi connectivity index (χ2n) is 4.00. The molecule has 0 aromatic heterocycles. The van der Waals surface area contributed by atoms with Crippen molar-refractivity contribution >= 4 is 10.0 Å². The lowest BCUT2D eigenvalue weighted by molar-refractivity contribution is 0.517. The number of sulfonamides is 1. The van der Waals surface area contributed by atoms with Crippen molar-refractivity contribution in [3.63, 3.8) is 0 Å². The van der Waals surface area contributed by atoms with Gasteiger partial charge in [0.25, 0.3) is 0 Å². The largest absolute Gasteiger partial charge is 0.313 e. The number of rotatable bonds is 3. The quantitative estimate of drug-likeness (QED) is 0.670. The molecular formula is C8H16N2O2S. The van der Waals surface area contributed by atoms with E-state index in [1.54, 1.807) is 0 Å². The zero-order valence-electron chi connectivity index (χ0n) is 7.79. The molecule has 2 rings (SSSR count). The van der Waals surface area contributed by atoms with Crippen LogP contribution in [-0.2, 0) is 10.0 Å². The molecule has 5 heteroatoms. The van der Waals surface area contributed by atoms with E-state index in [1.807, 2.05) is 6.92 Å². The molecule has 1 heterocycles. The van der Waals surface area contributed by atoms with E-state index in [1.165, 1.54) is 0 Å². The monoisotopic (exact) mass is 204 g/mol. The van der Waals surface area contributed by atoms with Crippen LogP contribution in [0.1, 0.15) is 26.2 Å². The molecule has 2 atom stereocenters. The lowest BCUT2D eigenvalue weighted by atomic mass is 10.2. The molecule has 0 amide bonds. The molecule has 1 aliphatic heterocycles. The lowest BCUT2D eigenvalue weighted by Crippen LogP contribution is -2.43. The van der Waals surface area contributed by atoms with Gasteiger partial charge < -0.3 is 5.32 Å². The highest BCUT2D eigenvalue weighted by Crippen LogP contribution is 2.28. The minimum Gasteiger partial charge on any atom is -0.313 e. The van der Waals surface area contributed by atoms with E-state index >= 15 is 0 Å². The zero-order valence-corrected chi connectivity index (χ0v) is 8.60. The van der Waals surface area contributed by atoms with Crippen molar-refractivity contribution in [2.75, 3.05) is 6.54 Å². The van der Waals surface area contributed by atoms with Crippen LogP contribution in [0.2, 0.25) is 0 Å². The van der Waals surface area contributed by atoms with Crippen molar-refractivity contribution in [2.24, 2.45) is 0 Å². The minimum atomic E-state index is -2.99. The highest BCUT2D eigenvalue weighted by Gasteiger charge is 2.38. The summed E-state index contributed by atoms with van der Waals surface area (Å²) in [5.74, 6) is 0. The van der Waals surface area contributed by atoms with Gasteiger partial charge >= 0.3 is 0 Å². The molecule has 2 fully saturated rings. The summed E-state index contributed by atoms with van der Waals surface area (Å²) >= 11 is 0. The van der Waals surface area contributed by atoms with Crippen LogP contribution >= 0.6 is 0 Å². The Labute approximate surface area is 79.1 Å². The summed E-state index contributed by atoms with van der Waals surface area (Å²) in [7, 11) is -2.99. The first-order chi connectivity index (χ1) is 6.09. The third-order valence-corrected chi connectivity index (χ3v) is 4.78. The topological polar surface area (TPSA) is 58.2 Å². The third kappa shape index (κ3) is 2.03. The van der Waals surface area contributed by atoms with Crippen molar-refractivity contribution in [2.45, 2.75) is 43.5 Å². The van der Waals surface area contributed by atoms with E-state index in [4.69, 9.17) is 0 Å².